The van der Waals surface area contributed by atoms with Gasteiger partial charge in [0.1, 0.15) is 11.6 Å². The van der Waals surface area contributed by atoms with E-state index < -0.39 is 29.6 Å². The maximum Gasteiger partial charge on any atom is 0.253 e. The number of aliphatic hydroxyl groups excluding tert-OH is 1. The van der Waals surface area contributed by atoms with Gasteiger partial charge in [0.25, 0.3) is 5.91 Å². The highest BCUT2D eigenvalue weighted by Gasteiger charge is 2.76. The molecule has 3 saturated heterocycles. The molecule has 3 aliphatic rings. The number of likely N-dealkylation sites (tertiary alicyclic amines) is 1. The second-order valence-electron chi connectivity index (χ2n) is 10.5. The van der Waals surface area contributed by atoms with Crippen molar-refractivity contribution in [2.75, 3.05) is 38.2 Å². The Hall–Kier alpha value is -3.01. The summed E-state index contributed by atoms with van der Waals surface area (Å²) in [4.78, 5) is 46.7. The Labute approximate surface area is 237 Å². The number of alkyl halides is 1. The number of rotatable bonds is 10. The van der Waals surface area contributed by atoms with Gasteiger partial charge in [-0.25, -0.2) is 0 Å². The maximum atomic E-state index is 14.6. The van der Waals surface area contributed by atoms with Crippen molar-refractivity contribution in [3.8, 4) is 0 Å². The highest BCUT2D eigenvalue weighted by molar-refractivity contribution is 9.09. The maximum absolute atomic E-state index is 14.6. The van der Waals surface area contributed by atoms with Crippen molar-refractivity contribution in [3.63, 3.8) is 0 Å². The van der Waals surface area contributed by atoms with Gasteiger partial charge in [0, 0.05) is 43.8 Å². The van der Waals surface area contributed by atoms with Gasteiger partial charge in [-0.3, -0.25) is 14.4 Å². The molecule has 2 aromatic carbocycles. The second kappa shape index (κ2) is 10.9. The summed E-state index contributed by atoms with van der Waals surface area (Å²) in [5.41, 5.74) is -0.470. The topological polar surface area (TPSA) is 90.4 Å². The van der Waals surface area contributed by atoms with Crippen LogP contribution in [-0.4, -0.2) is 88.5 Å². The molecule has 206 valence electrons. The largest absolute Gasteiger partial charge is 0.396 e. The number of carbonyl (C=O) groups excluding carboxylic acids is 3. The van der Waals surface area contributed by atoms with Gasteiger partial charge in [-0.05, 0) is 35.7 Å². The highest BCUT2D eigenvalue weighted by atomic mass is 79.9. The van der Waals surface area contributed by atoms with Gasteiger partial charge in [-0.1, -0.05) is 58.4 Å². The van der Waals surface area contributed by atoms with Gasteiger partial charge >= 0.3 is 0 Å². The van der Waals surface area contributed by atoms with Gasteiger partial charge in [0.2, 0.25) is 11.8 Å². The molecule has 2 aromatic rings. The summed E-state index contributed by atoms with van der Waals surface area (Å²) in [6.07, 6.45) is 3.51. The molecule has 3 aliphatic heterocycles. The first-order valence-corrected chi connectivity index (χ1v) is 14.2. The number of nitrogens with zero attached hydrogens (tertiary/aromatic N) is 3. The van der Waals surface area contributed by atoms with Crippen molar-refractivity contribution in [3.05, 3.63) is 67.8 Å². The number of aliphatic hydroxyl groups is 1. The minimum atomic E-state index is -1.16. The number of likely N-dealkylation sites (N-methyl/N-ethyl adjacent to an activating group) is 1. The van der Waals surface area contributed by atoms with E-state index in [2.05, 4.69) is 29.1 Å². The fourth-order valence-corrected chi connectivity index (χ4v) is 7.60. The van der Waals surface area contributed by atoms with Crippen molar-refractivity contribution >= 4 is 50.1 Å². The SMILES string of the molecule is C=CCN(C)C(=O)[C@H]1[C@@H]2OC3(CC2Br)C(C(=O)N(CC=C)c2ccc4ccccc4c2)N(CCCO)C(=O)[C@H]13. The number of fused-ring (bicyclic) bond motifs is 2. The number of benzene rings is 2. The van der Waals surface area contributed by atoms with Crippen LogP contribution in [0.5, 0.6) is 0 Å². The van der Waals surface area contributed by atoms with Crippen LogP contribution in [0, 0.1) is 11.8 Å². The molecule has 3 amide bonds. The molecule has 5 rings (SSSR count). The number of anilines is 1. The van der Waals surface area contributed by atoms with Crippen molar-refractivity contribution < 1.29 is 24.2 Å². The Bertz CT molecular complexity index is 1320. The lowest BCUT2D eigenvalue weighted by molar-refractivity contribution is -0.144. The first-order valence-electron chi connectivity index (χ1n) is 13.3. The molecule has 0 radical (unpaired) electrons. The summed E-state index contributed by atoms with van der Waals surface area (Å²) < 4.78 is 6.59. The van der Waals surface area contributed by atoms with E-state index in [1.165, 1.54) is 4.90 Å². The highest BCUT2D eigenvalue weighted by Crippen LogP contribution is 2.60. The number of halogens is 1. The average molecular weight is 597 g/mol. The smallest absolute Gasteiger partial charge is 0.253 e. The zero-order chi connectivity index (χ0) is 27.9. The van der Waals surface area contributed by atoms with E-state index in [0.717, 1.165) is 10.8 Å². The lowest BCUT2D eigenvalue weighted by Crippen LogP contribution is -2.57. The van der Waals surface area contributed by atoms with Crippen LogP contribution in [0.4, 0.5) is 5.69 Å². The van der Waals surface area contributed by atoms with Crippen LogP contribution < -0.4 is 4.90 Å². The molecule has 1 N–H and O–H groups in total. The number of carbonyl (C=O) groups is 3. The Balaban J connectivity index is 1.58. The molecule has 0 saturated carbocycles. The van der Waals surface area contributed by atoms with Crippen molar-refractivity contribution in [2.24, 2.45) is 11.8 Å². The van der Waals surface area contributed by atoms with E-state index in [-0.39, 0.29) is 42.2 Å². The van der Waals surface area contributed by atoms with E-state index >= 15 is 0 Å². The number of hydrogen-bond acceptors (Lipinski definition) is 5. The van der Waals surface area contributed by atoms with Crippen LogP contribution in [0.25, 0.3) is 10.8 Å². The Morgan fingerprint density at radius 1 is 1.15 bits per heavy atom. The number of hydrogen-bond donors (Lipinski definition) is 1. The summed E-state index contributed by atoms with van der Waals surface area (Å²) in [7, 11) is 1.68. The third kappa shape index (κ3) is 4.40. The fourth-order valence-electron chi connectivity index (χ4n) is 6.65. The lowest BCUT2D eigenvalue weighted by Gasteiger charge is -2.37. The molecular formula is C30H34BrN3O5. The van der Waals surface area contributed by atoms with Gasteiger partial charge in [-0.15, -0.1) is 13.2 Å². The molecule has 2 bridgehead atoms. The third-order valence-electron chi connectivity index (χ3n) is 8.27. The van der Waals surface area contributed by atoms with Gasteiger partial charge in [0.05, 0.1) is 17.9 Å². The van der Waals surface area contributed by atoms with Crippen LogP contribution in [-0.2, 0) is 19.1 Å². The molecule has 3 fully saturated rings. The van der Waals surface area contributed by atoms with Crippen molar-refractivity contribution in [1.82, 2.24) is 9.80 Å². The van der Waals surface area contributed by atoms with Gasteiger partial charge in [-0.2, -0.15) is 0 Å². The quantitative estimate of drug-likeness (QED) is 0.337. The number of amides is 3. The van der Waals surface area contributed by atoms with Crippen LogP contribution in [0.3, 0.4) is 0 Å². The van der Waals surface area contributed by atoms with Gasteiger partial charge < -0.3 is 24.5 Å². The molecule has 3 heterocycles. The predicted octanol–water partition coefficient (Wildman–Crippen LogP) is 3.13. The molecule has 39 heavy (non-hydrogen) atoms. The molecule has 3 unspecified atom stereocenters. The first kappa shape index (κ1) is 27.6. The molecule has 1 spiro atoms. The molecule has 9 heteroatoms. The van der Waals surface area contributed by atoms with Crippen LogP contribution in [0.1, 0.15) is 12.8 Å². The summed E-state index contributed by atoms with van der Waals surface area (Å²) in [6.45, 7) is 8.24. The zero-order valence-corrected chi connectivity index (χ0v) is 23.6. The van der Waals surface area contributed by atoms with Gasteiger partial charge in [0.15, 0.2) is 0 Å². The second-order valence-corrected chi connectivity index (χ2v) is 11.7. The minimum absolute atomic E-state index is 0.127. The summed E-state index contributed by atoms with van der Waals surface area (Å²) in [6, 6.07) is 12.8. The Morgan fingerprint density at radius 3 is 2.56 bits per heavy atom. The third-order valence-corrected chi connectivity index (χ3v) is 9.11. The van der Waals surface area contributed by atoms with Crippen molar-refractivity contribution in [1.29, 1.82) is 0 Å². The summed E-state index contributed by atoms with van der Waals surface area (Å²) in [5, 5.41) is 11.6. The Morgan fingerprint density at radius 2 is 1.87 bits per heavy atom. The number of ether oxygens (including phenoxy) is 1. The van der Waals surface area contributed by atoms with E-state index in [4.69, 9.17) is 4.74 Å². The molecule has 6 atom stereocenters. The lowest BCUT2D eigenvalue weighted by atomic mass is 9.70. The summed E-state index contributed by atoms with van der Waals surface area (Å²) in [5.74, 6) is -2.26. The van der Waals surface area contributed by atoms with Crippen LogP contribution >= 0.6 is 15.9 Å². The standard InChI is InChI=1S/C30H34BrN3O5/c1-4-13-32(3)27(36)23-24-28(37)34(15-8-16-35)26(30(24)18-22(31)25(23)39-30)29(38)33(14-5-2)21-12-11-19-9-6-7-10-20(19)17-21/h4-7,9-12,17,22-26,35H,1-2,8,13-16,18H2,3H3/t22?,23-,24+,25-,26?,30?/m1/s1. The monoisotopic (exact) mass is 595 g/mol. The fraction of sp³-hybridized carbons (Fsp3) is 0.433. The summed E-state index contributed by atoms with van der Waals surface area (Å²) >= 11 is 3.71. The van der Waals surface area contributed by atoms with Crippen molar-refractivity contribution in [2.45, 2.75) is 35.4 Å². The average Bonchev–Trinajstić information content (AvgIpc) is 3.52. The predicted molar refractivity (Wildman–Crippen MR) is 153 cm³/mol. The molecular weight excluding hydrogens is 562 g/mol. The Kier molecular flexibility index (Phi) is 7.68. The van der Waals surface area contributed by atoms with Crippen LogP contribution in [0.15, 0.2) is 67.8 Å². The first-order chi connectivity index (χ1) is 18.8. The zero-order valence-electron chi connectivity index (χ0n) is 22.0. The molecule has 0 aromatic heterocycles. The molecule has 8 nitrogen and oxygen atoms in total. The normalized spacial score (nSPS) is 28.9. The van der Waals surface area contributed by atoms with E-state index in [1.54, 1.807) is 29.0 Å². The van der Waals surface area contributed by atoms with E-state index in [0.29, 0.717) is 25.1 Å². The van der Waals surface area contributed by atoms with E-state index in [9.17, 15) is 19.5 Å². The van der Waals surface area contributed by atoms with E-state index in [1.807, 2.05) is 42.5 Å². The minimum Gasteiger partial charge on any atom is -0.396 e. The molecule has 0 aliphatic carbocycles. The van der Waals surface area contributed by atoms with Crippen LogP contribution in [0.2, 0.25) is 0 Å².